The van der Waals surface area contributed by atoms with E-state index in [2.05, 4.69) is 62.5 Å². The number of nitrogens with zero attached hydrogens (tertiary/aromatic N) is 1. The van der Waals surface area contributed by atoms with Crippen molar-refractivity contribution in [2.24, 2.45) is 0 Å². The number of likely N-dealkylation sites (N-methyl/N-ethyl adjacent to an activating group) is 1. The standard InChI is InChI=1S/C73H138NO8P/c1-6-8-10-12-14-16-18-20-22-24-26-27-28-29-30-31-32-33-34-35-36-37-38-39-40-41-42-43-44-45-46-47-48-50-52-54-56-58-60-62-64-66-73(76)82-71(70-81-83(77,78)80-68-67-74(3,4)5)69-79-72(75)65-63-61-59-57-55-53-51-49-25-23-21-19-17-15-13-11-9-7-2/h18,20,23-26,28-29,71H,6-17,19,21-22,27,30-70H2,1-5H3/b20-18-,25-23-,26-24-,29-28-. The molecular weight excluding hydrogens is 1050 g/mol. The molecule has 0 fully saturated rings. The summed E-state index contributed by atoms with van der Waals surface area (Å²) in [6.07, 6.45) is 83.6. The number of carbonyl (C=O) groups excluding carboxylic acids is 2. The van der Waals surface area contributed by atoms with E-state index < -0.39 is 26.5 Å². The highest BCUT2D eigenvalue weighted by Crippen LogP contribution is 2.38. The van der Waals surface area contributed by atoms with Crippen molar-refractivity contribution in [2.75, 3.05) is 47.5 Å². The fraction of sp³-hybridized carbons (Fsp3) is 0.863. The van der Waals surface area contributed by atoms with Crippen molar-refractivity contribution in [1.29, 1.82) is 0 Å². The zero-order chi connectivity index (χ0) is 60.5. The molecule has 0 saturated carbocycles. The fourth-order valence-electron chi connectivity index (χ4n) is 10.5. The van der Waals surface area contributed by atoms with Crippen molar-refractivity contribution in [2.45, 2.75) is 360 Å². The van der Waals surface area contributed by atoms with E-state index in [1.165, 1.54) is 263 Å². The van der Waals surface area contributed by atoms with Crippen LogP contribution in [0.4, 0.5) is 0 Å². The van der Waals surface area contributed by atoms with Gasteiger partial charge in [-0.05, 0) is 77.0 Å². The van der Waals surface area contributed by atoms with Crippen LogP contribution in [0, 0.1) is 0 Å². The van der Waals surface area contributed by atoms with Gasteiger partial charge in [-0.1, -0.05) is 313 Å². The molecule has 83 heavy (non-hydrogen) atoms. The van der Waals surface area contributed by atoms with Crippen molar-refractivity contribution < 1.29 is 42.1 Å². The number of phosphoric ester groups is 1. The molecule has 0 rings (SSSR count). The topological polar surface area (TPSA) is 111 Å². The first-order valence-corrected chi connectivity index (χ1v) is 37.3. The summed E-state index contributed by atoms with van der Waals surface area (Å²) in [6, 6.07) is 0. The molecule has 0 heterocycles. The molecule has 2 atom stereocenters. The van der Waals surface area contributed by atoms with E-state index in [1.54, 1.807) is 0 Å². The first-order chi connectivity index (χ1) is 40.5. The van der Waals surface area contributed by atoms with Crippen molar-refractivity contribution in [1.82, 2.24) is 0 Å². The number of allylic oxidation sites excluding steroid dienone is 8. The van der Waals surface area contributed by atoms with Crippen molar-refractivity contribution in [3.05, 3.63) is 48.6 Å². The minimum Gasteiger partial charge on any atom is -0.756 e. The minimum atomic E-state index is -4.64. The summed E-state index contributed by atoms with van der Waals surface area (Å²) in [5.74, 6) is -0.821. The number of hydrogen-bond donors (Lipinski definition) is 0. The number of ether oxygens (including phenoxy) is 2. The van der Waals surface area contributed by atoms with Crippen molar-refractivity contribution >= 4 is 19.8 Å². The van der Waals surface area contributed by atoms with Gasteiger partial charge in [0.25, 0.3) is 7.82 Å². The Labute approximate surface area is 515 Å². The van der Waals surface area contributed by atoms with Gasteiger partial charge in [0.15, 0.2) is 6.10 Å². The number of rotatable bonds is 67. The molecule has 0 saturated heterocycles. The van der Waals surface area contributed by atoms with Gasteiger partial charge in [0.2, 0.25) is 0 Å². The number of carbonyl (C=O) groups is 2. The molecule has 0 aromatic rings. The maximum Gasteiger partial charge on any atom is 0.306 e. The minimum absolute atomic E-state index is 0.0294. The number of quaternary nitrogens is 1. The van der Waals surface area contributed by atoms with E-state index in [9.17, 15) is 19.0 Å². The van der Waals surface area contributed by atoms with Crippen LogP contribution in [-0.2, 0) is 32.7 Å². The van der Waals surface area contributed by atoms with Gasteiger partial charge >= 0.3 is 11.9 Å². The Morgan fingerprint density at radius 2 is 0.651 bits per heavy atom. The summed E-state index contributed by atoms with van der Waals surface area (Å²) in [5.41, 5.74) is 0. The van der Waals surface area contributed by atoms with E-state index in [0.29, 0.717) is 17.4 Å². The molecule has 0 bridgehead atoms. The number of hydrogen-bond acceptors (Lipinski definition) is 8. The Bertz CT molecular complexity index is 1540. The van der Waals surface area contributed by atoms with Gasteiger partial charge in [0.05, 0.1) is 27.7 Å². The predicted octanol–water partition coefficient (Wildman–Crippen LogP) is 22.6. The molecule has 2 unspecified atom stereocenters. The van der Waals surface area contributed by atoms with E-state index in [-0.39, 0.29) is 32.0 Å². The normalized spacial score (nSPS) is 13.4. The Kier molecular flexibility index (Phi) is 62.9. The third-order valence-corrected chi connectivity index (χ3v) is 17.0. The van der Waals surface area contributed by atoms with Gasteiger partial charge in [-0.2, -0.15) is 0 Å². The number of phosphoric acid groups is 1. The maximum absolute atomic E-state index is 12.9. The lowest BCUT2D eigenvalue weighted by Gasteiger charge is -2.28. The summed E-state index contributed by atoms with van der Waals surface area (Å²) in [4.78, 5) is 38.0. The third kappa shape index (κ3) is 68.9. The molecule has 0 aromatic heterocycles. The predicted molar refractivity (Wildman–Crippen MR) is 356 cm³/mol. The van der Waals surface area contributed by atoms with Crippen LogP contribution < -0.4 is 4.89 Å². The van der Waals surface area contributed by atoms with E-state index in [0.717, 1.165) is 57.8 Å². The Morgan fingerprint density at radius 1 is 0.373 bits per heavy atom. The van der Waals surface area contributed by atoms with Gasteiger partial charge in [-0.15, -0.1) is 0 Å². The number of unbranched alkanes of at least 4 members (excludes halogenated alkanes) is 45. The Balaban J connectivity index is 3.88. The molecule has 0 aromatic carbocycles. The van der Waals surface area contributed by atoms with Crippen LogP contribution >= 0.6 is 7.82 Å². The molecule has 0 aliphatic rings. The lowest BCUT2D eigenvalue weighted by Crippen LogP contribution is -2.37. The average Bonchev–Trinajstić information content (AvgIpc) is 3.48. The quantitative estimate of drug-likeness (QED) is 0.0195. The largest absolute Gasteiger partial charge is 0.756 e. The van der Waals surface area contributed by atoms with Crippen LogP contribution in [0.1, 0.15) is 354 Å². The molecule has 0 spiro atoms. The van der Waals surface area contributed by atoms with Crippen molar-refractivity contribution in [3.8, 4) is 0 Å². The molecule has 488 valence electrons. The van der Waals surface area contributed by atoms with Crippen LogP contribution in [0.25, 0.3) is 0 Å². The van der Waals surface area contributed by atoms with Crippen LogP contribution in [-0.4, -0.2) is 70.0 Å². The van der Waals surface area contributed by atoms with Gasteiger partial charge < -0.3 is 27.9 Å². The highest BCUT2D eigenvalue weighted by molar-refractivity contribution is 7.45. The lowest BCUT2D eigenvalue weighted by atomic mass is 10.0. The van der Waals surface area contributed by atoms with Crippen LogP contribution in [0.15, 0.2) is 48.6 Å². The summed E-state index contributed by atoms with van der Waals surface area (Å²) in [7, 11) is 1.18. The molecule has 0 N–H and O–H groups in total. The SMILES string of the molecule is CCCCCCC/C=C\C/C=C\C/C=C\CCCCCCCCCCCCCCCCCCCCCCCCCCCCC(=O)OC(COC(=O)CCCCCCCCC/C=C\CCCCCCCCC)COP(=O)([O-])OCC[N+](C)(C)C. The zero-order valence-electron chi connectivity index (χ0n) is 55.7. The van der Waals surface area contributed by atoms with E-state index >= 15 is 0 Å². The number of esters is 2. The molecule has 0 aliphatic carbocycles. The second-order valence-electron chi connectivity index (χ2n) is 25.6. The second-order valence-corrected chi connectivity index (χ2v) is 27.0. The third-order valence-electron chi connectivity index (χ3n) is 16.1. The Hall–Kier alpha value is -2.03. The van der Waals surface area contributed by atoms with Gasteiger partial charge in [-0.3, -0.25) is 14.2 Å². The molecule has 0 aliphatic heterocycles. The van der Waals surface area contributed by atoms with E-state index in [1.807, 2.05) is 21.1 Å². The van der Waals surface area contributed by atoms with Gasteiger partial charge in [0.1, 0.15) is 19.8 Å². The van der Waals surface area contributed by atoms with Gasteiger partial charge in [-0.25, -0.2) is 0 Å². The Morgan fingerprint density at radius 3 is 0.976 bits per heavy atom. The smallest absolute Gasteiger partial charge is 0.306 e. The molecule has 0 amide bonds. The molecular formula is C73H138NO8P. The average molecular weight is 1190 g/mol. The summed E-state index contributed by atoms with van der Waals surface area (Å²) in [6.45, 7) is 4.27. The lowest BCUT2D eigenvalue weighted by molar-refractivity contribution is -0.870. The first kappa shape index (κ1) is 81.0. The van der Waals surface area contributed by atoms with Gasteiger partial charge in [0, 0.05) is 12.8 Å². The van der Waals surface area contributed by atoms with Crippen LogP contribution in [0.5, 0.6) is 0 Å². The highest BCUT2D eigenvalue weighted by atomic mass is 31.2. The molecule has 0 radical (unpaired) electrons. The van der Waals surface area contributed by atoms with E-state index in [4.69, 9.17) is 18.5 Å². The maximum atomic E-state index is 12.9. The molecule has 10 heteroatoms. The first-order valence-electron chi connectivity index (χ1n) is 35.8. The fourth-order valence-corrected chi connectivity index (χ4v) is 11.3. The summed E-state index contributed by atoms with van der Waals surface area (Å²) in [5, 5.41) is 0. The van der Waals surface area contributed by atoms with Crippen LogP contribution in [0.3, 0.4) is 0 Å². The molecule has 9 nitrogen and oxygen atoms in total. The summed E-state index contributed by atoms with van der Waals surface area (Å²) >= 11 is 0. The summed E-state index contributed by atoms with van der Waals surface area (Å²) < 4.78 is 34.3. The van der Waals surface area contributed by atoms with Crippen LogP contribution in [0.2, 0.25) is 0 Å². The second kappa shape index (κ2) is 64.4. The zero-order valence-corrected chi connectivity index (χ0v) is 56.6. The van der Waals surface area contributed by atoms with Crippen molar-refractivity contribution in [3.63, 3.8) is 0 Å². The monoisotopic (exact) mass is 1190 g/mol. The highest BCUT2D eigenvalue weighted by Gasteiger charge is 2.22.